The van der Waals surface area contributed by atoms with E-state index in [2.05, 4.69) is 4.74 Å². The molecule has 0 radical (unpaired) electrons. The van der Waals surface area contributed by atoms with Crippen LogP contribution in [0.5, 0.6) is 11.5 Å². The van der Waals surface area contributed by atoms with Crippen LogP contribution in [0.15, 0.2) is 23.1 Å². The molecule has 0 spiro atoms. The first-order valence-electron chi connectivity index (χ1n) is 9.34. The SMILES string of the molecule is CCCN(C1CCS(=O)(=O)C1)S(=O)(=O)c1cc(/C=C/C(=O)OC)cc(OC)c1OC. The van der Waals surface area contributed by atoms with E-state index < -0.39 is 31.9 Å². The Morgan fingerprint density at radius 1 is 1.23 bits per heavy atom. The predicted octanol–water partition coefficient (Wildman–Crippen LogP) is 1.48. The number of hydrogen-bond donors (Lipinski definition) is 0. The Balaban J connectivity index is 2.61. The van der Waals surface area contributed by atoms with Crippen molar-refractivity contribution in [2.45, 2.75) is 30.7 Å². The van der Waals surface area contributed by atoms with Crippen LogP contribution in [0, 0.1) is 0 Å². The second kappa shape index (κ2) is 9.80. The number of methoxy groups -OCH3 is 3. The molecule has 1 aliphatic rings. The van der Waals surface area contributed by atoms with Crippen molar-refractivity contribution >= 4 is 31.9 Å². The quantitative estimate of drug-likeness (QED) is 0.401. The number of rotatable bonds is 9. The summed E-state index contributed by atoms with van der Waals surface area (Å²) in [5.41, 5.74) is 0.382. The molecule has 11 heteroatoms. The number of nitrogens with zero attached hydrogens (tertiary/aromatic N) is 1. The number of carbonyl (C=O) groups excluding carboxylic acids is 1. The second-order valence-electron chi connectivity index (χ2n) is 6.78. The average molecular weight is 462 g/mol. The molecule has 1 aromatic carbocycles. The molecule has 1 aromatic rings. The summed E-state index contributed by atoms with van der Waals surface area (Å²) in [7, 11) is -3.48. The van der Waals surface area contributed by atoms with Gasteiger partial charge in [0.1, 0.15) is 4.90 Å². The summed E-state index contributed by atoms with van der Waals surface area (Å²) in [5, 5.41) is 0. The topological polar surface area (TPSA) is 116 Å². The number of sulfonamides is 1. The highest BCUT2D eigenvalue weighted by Crippen LogP contribution is 2.38. The lowest BCUT2D eigenvalue weighted by Gasteiger charge is -2.28. The lowest BCUT2D eigenvalue weighted by Crippen LogP contribution is -2.41. The Kier molecular flexibility index (Phi) is 7.89. The van der Waals surface area contributed by atoms with Gasteiger partial charge in [0.15, 0.2) is 21.3 Å². The van der Waals surface area contributed by atoms with Crippen LogP contribution in [0.3, 0.4) is 0 Å². The smallest absolute Gasteiger partial charge is 0.330 e. The van der Waals surface area contributed by atoms with E-state index in [-0.39, 0.29) is 40.9 Å². The van der Waals surface area contributed by atoms with Crippen LogP contribution < -0.4 is 9.47 Å². The predicted molar refractivity (Wildman–Crippen MR) is 112 cm³/mol. The molecule has 1 aliphatic heterocycles. The molecular formula is C19H27NO8S2. The third-order valence-electron chi connectivity index (χ3n) is 4.73. The highest BCUT2D eigenvalue weighted by atomic mass is 32.2. The van der Waals surface area contributed by atoms with E-state index in [0.29, 0.717) is 12.0 Å². The maximum Gasteiger partial charge on any atom is 0.330 e. The van der Waals surface area contributed by atoms with Crippen molar-refractivity contribution in [1.29, 1.82) is 0 Å². The number of ether oxygens (including phenoxy) is 3. The molecule has 0 bridgehead atoms. The van der Waals surface area contributed by atoms with E-state index in [1.807, 2.05) is 6.92 Å². The van der Waals surface area contributed by atoms with Gasteiger partial charge in [0, 0.05) is 18.7 Å². The molecule has 168 valence electrons. The van der Waals surface area contributed by atoms with Crippen molar-refractivity contribution in [2.75, 3.05) is 39.4 Å². The van der Waals surface area contributed by atoms with E-state index in [1.165, 1.54) is 43.8 Å². The Hall–Kier alpha value is -2.11. The van der Waals surface area contributed by atoms with Gasteiger partial charge in [0.05, 0.1) is 32.8 Å². The van der Waals surface area contributed by atoms with Gasteiger partial charge in [-0.05, 0) is 36.6 Å². The van der Waals surface area contributed by atoms with Gasteiger partial charge in [-0.3, -0.25) is 0 Å². The maximum absolute atomic E-state index is 13.6. The van der Waals surface area contributed by atoms with Crippen molar-refractivity contribution in [1.82, 2.24) is 4.31 Å². The molecule has 0 N–H and O–H groups in total. The van der Waals surface area contributed by atoms with Crippen LogP contribution in [0.2, 0.25) is 0 Å². The maximum atomic E-state index is 13.6. The molecule has 0 aromatic heterocycles. The molecule has 0 saturated carbocycles. The first-order valence-corrected chi connectivity index (χ1v) is 12.6. The fourth-order valence-electron chi connectivity index (χ4n) is 3.32. The zero-order valence-corrected chi connectivity index (χ0v) is 19.1. The molecule has 0 aliphatic carbocycles. The van der Waals surface area contributed by atoms with Gasteiger partial charge in [-0.1, -0.05) is 6.92 Å². The molecule has 1 saturated heterocycles. The van der Waals surface area contributed by atoms with Crippen LogP contribution in [0.4, 0.5) is 0 Å². The van der Waals surface area contributed by atoms with E-state index >= 15 is 0 Å². The highest BCUT2D eigenvalue weighted by molar-refractivity contribution is 7.92. The van der Waals surface area contributed by atoms with E-state index in [4.69, 9.17) is 9.47 Å². The minimum absolute atomic E-state index is 0.00896. The van der Waals surface area contributed by atoms with E-state index in [9.17, 15) is 21.6 Å². The molecule has 30 heavy (non-hydrogen) atoms. The summed E-state index contributed by atoms with van der Waals surface area (Å²) >= 11 is 0. The van der Waals surface area contributed by atoms with Crippen molar-refractivity contribution < 1.29 is 35.8 Å². The average Bonchev–Trinajstić information content (AvgIpc) is 3.08. The molecular weight excluding hydrogens is 434 g/mol. The van der Waals surface area contributed by atoms with Crippen LogP contribution in [-0.4, -0.2) is 72.5 Å². The van der Waals surface area contributed by atoms with E-state index in [1.54, 1.807) is 0 Å². The van der Waals surface area contributed by atoms with E-state index in [0.717, 1.165) is 6.08 Å². The largest absolute Gasteiger partial charge is 0.493 e. The first-order chi connectivity index (χ1) is 14.1. The Labute approximate surface area is 177 Å². The Morgan fingerprint density at radius 3 is 2.43 bits per heavy atom. The summed E-state index contributed by atoms with van der Waals surface area (Å²) in [4.78, 5) is 11.3. The number of benzene rings is 1. The number of carbonyl (C=O) groups is 1. The molecule has 1 heterocycles. The fourth-order valence-corrected chi connectivity index (χ4v) is 7.09. The molecule has 1 unspecified atom stereocenters. The zero-order valence-electron chi connectivity index (χ0n) is 17.5. The third kappa shape index (κ3) is 5.32. The van der Waals surface area contributed by atoms with Gasteiger partial charge in [-0.2, -0.15) is 4.31 Å². The molecule has 2 rings (SSSR count). The molecule has 9 nitrogen and oxygen atoms in total. The van der Waals surface area contributed by atoms with Crippen molar-refractivity contribution in [2.24, 2.45) is 0 Å². The minimum Gasteiger partial charge on any atom is -0.493 e. The van der Waals surface area contributed by atoms with Gasteiger partial charge in [-0.25, -0.2) is 21.6 Å². The Bertz CT molecular complexity index is 1020. The Morgan fingerprint density at radius 2 is 1.93 bits per heavy atom. The van der Waals surface area contributed by atoms with Crippen molar-refractivity contribution in [3.05, 3.63) is 23.8 Å². The standard InChI is InChI=1S/C19H27NO8S2/c1-5-9-20(15-8-10-29(22,23)13-15)30(24,25)17-12-14(6-7-18(21)27-3)11-16(26-2)19(17)28-4/h6-7,11-12,15H,5,8-10,13H2,1-4H3/b7-6+. The zero-order chi connectivity index (χ0) is 22.5. The van der Waals surface area contributed by atoms with Crippen molar-refractivity contribution in [3.8, 4) is 11.5 Å². The van der Waals surface area contributed by atoms with Gasteiger partial charge < -0.3 is 14.2 Å². The van der Waals surface area contributed by atoms with Gasteiger partial charge in [0.25, 0.3) is 0 Å². The summed E-state index contributed by atoms with van der Waals surface area (Å²) < 4.78 is 67.5. The minimum atomic E-state index is -4.12. The monoisotopic (exact) mass is 461 g/mol. The van der Waals surface area contributed by atoms with Gasteiger partial charge in [-0.15, -0.1) is 0 Å². The summed E-state index contributed by atoms with van der Waals surface area (Å²) in [6, 6.07) is 2.24. The summed E-state index contributed by atoms with van der Waals surface area (Å²) in [6.45, 7) is 1.98. The second-order valence-corrected chi connectivity index (χ2v) is 10.9. The normalized spacial score (nSPS) is 18.6. The molecule has 0 amide bonds. The first kappa shape index (κ1) is 24.2. The van der Waals surface area contributed by atoms with Gasteiger partial charge >= 0.3 is 5.97 Å². The molecule has 1 atom stereocenters. The summed E-state index contributed by atoms with van der Waals surface area (Å²) in [5.74, 6) is -0.685. The summed E-state index contributed by atoms with van der Waals surface area (Å²) in [6.07, 6.45) is 3.31. The van der Waals surface area contributed by atoms with Crippen LogP contribution in [-0.2, 0) is 29.4 Å². The fraction of sp³-hybridized carbons (Fsp3) is 0.526. The van der Waals surface area contributed by atoms with Gasteiger partial charge in [0.2, 0.25) is 10.0 Å². The lowest BCUT2D eigenvalue weighted by molar-refractivity contribution is -0.134. The number of sulfone groups is 1. The molecule has 1 fully saturated rings. The highest BCUT2D eigenvalue weighted by Gasteiger charge is 2.40. The van der Waals surface area contributed by atoms with Crippen LogP contribution in [0.25, 0.3) is 6.08 Å². The van der Waals surface area contributed by atoms with Crippen LogP contribution in [0.1, 0.15) is 25.3 Å². The lowest BCUT2D eigenvalue weighted by atomic mass is 10.2. The van der Waals surface area contributed by atoms with Crippen LogP contribution >= 0.6 is 0 Å². The number of esters is 1. The third-order valence-corrected chi connectivity index (χ3v) is 8.43. The number of hydrogen-bond acceptors (Lipinski definition) is 8. The van der Waals surface area contributed by atoms with Crippen molar-refractivity contribution in [3.63, 3.8) is 0 Å².